The van der Waals surface area contributed by atoms with E-state index in [2.05, 4.69) is 178 Å². The van der Waals surface area contributed by atoms with Gasteiger partial charge in [-0.15, -0.1) is 19.7 Å². The molecule has 0 radical (unpaired) electrons. The molecule has 115 heavy (non-hydrogen) atoms. The van der Waals surface area contributed by atoms with Crippen LogP contribution in [0.3, 0.4) is 0 Å². The summed E-state index contributed by atoms with van der Waals surface area (Å²) in [6.45, 7) is 29.9. The lowest BCUT2D eigenvalue weighted by Crippen LogP contribution is -2.25. The predicted molar refractivity (Wildman–Crippen MR) is 523 cm³/mol. The first-order chi connectivity index (χ1) is 56.1. The molecule has 0 heterocycles. The summed E-state index contributed by atoms with van der Waals surface area (Å²) in [5.74, 6) is 21.2. The SMILES string of the molecule is C/C=C/C1CCC(C2CCC(/C=C/C)CC2)CC1.C/C=C/CCC1CCC(C2CCC(c3ccc(C)cc3)CC2)CC1.C=CC1CCC(C2CCC(C=C)CC2)CC1.C=CC1CCC(C2CCC(c3ccc(F)c(F)c3)CC2)CC1.CC1CCC(C2CCC(C)CC2)CC1.CCC1CCC(C2CCC(c3ccc(C)cc3)CC2)CC1.[HH].[HH].[HH].[HH].[HH].[HH].[HH].[HH].[HH].[HH].[HH].[HH]. The maximum atomic E-state index is 13.4. The van der Waals surface area contributed by atoms with Crippen LogP contribution < -0.4 is 0 Å². The van der Waals surface area contributed by atoms with E-state index in [4.69, 9.17) is 0 Å². The zero-order valence-corrected chi connectivity index (χ0v) is 75.8. The first kappa shape index (κ1) is 93.2. The highest BCUT2D eigenvalue weighted by molar-refractivity contribution is 5.27. The second-order valence-corrected chi connectivity index (χ2v) is 41.6. The fraction of sp³-hybridized carbons (Fsp3) is 0.735. The molecule has 0 N–H and O–H groups in total. The summed E-state index contributed by atoms with van der Waals surface area (Å²) >= 11 is 0. The Morgan fingerprint density at radius 2 is 0.548 bits per heavy atom. The average molecular weight is 1600 g/mol. The lowest BCUT2D eigenvalue weighted by atomic mass is 9.68. The van der Waals surface area contributed by atoms with Gasteiger partial charge in [0.2, 0.25) is 0 Å². The van der Waals surface area contributed by atoms with Gasteiger partial charge in [-0.2, -0.15) is 0 Å². The number of rotatable bonds is 18. The van der Waals surface area contributed by atoms with Crippen molar-refractivity contribution in [1.82, 2.24) is 0 Å². The fourth-order valence-electron chi connectivity index (χ4n) is 26.0. The third kappa shape index (κ3) is 30.8. The highest BCUT2D eigenvalue weighted by Gasteiger charge is 2.37. The second kappa shape index (κ2) is 51.0. The van der Waals surface area contributed by atoms with Gasteiger partial charge in [0.15, 0.2) is 11.6 Å². The van der Waals surface area contributed by atoms with Crippen molar-refractivity contribution < 1.29 is 25.9 Å². The Morgan fingerprint density at radius 3 is 0.817 bits per heavy atom. The first-order valence-electron chi connectivity index (χ1n) is 50.4. The highest BCUT2D eigenvalue weighted by atomic mass is 19.2. The Bertz CT molecular complexity index is 3130. The maximum absolute atomic E-state index is 13.4. The predicted octanol–water partition coefficient (Wildman–Crippen LogP) is 38.5. The minimum atomic E-state index is -0.739. The fourth-order valence-corrected chi connectivity index (χ4v) is 26.0. The van der Waals surface area contributed by atoms with Gasteiger partial charge in [0, 0.05) is 17.1 Å². The molecule has 12 aliphatic carbocycles. The van der Waals surface area contributed by atoms with Crippen LogP contribution in [-0.4, -0.2) is 0 Å². The topological polar surface area (TPSA) is 0 Å². The lowest BCUT2D eigenvalue weighted by molar-refractivity contribution is 0.155. The molecule has 0 aromatic heterocycles. The minimum absolute atomic E-state index is 0. The van der Waals surface area contributed by atoms with E-state index in [0.29, 0.717) is 5.92 Å². The number of aryl methyl sites for hydroxylation is 2. The third-order valence-electron chi connectivity index (χ3n) is 34.3. The average Bonchev–Trinajstić information content (AvgIpc) is 0.823. The molecule has 0 bridgehead atoms. The van der Waals surface area contributed by atoms with Gasteiger partial charge in [-0.1, -0.05) is 199 Å². The van der Waals surface area contributed by atoms with E-state index in [9.17, 15) is 8.78 Å². The highest BCUT2D eigenvalue weighted by Crippen LogP contribution is 2.50. The van der Waals surface area contributed by atoms with Crippen LogP contribution in [0.4, 0.5) is 8.78 Å². The van der Waals surface area contributed by atoms with E-state index in [-0.39, 0.29) is 17.1 Å². The van der Waals surface area contributed by atoms with Crippen LogP contribution in [-0.2, 0) is 0 Å². The van der Waals surface area contributed by atoms with Crippen molar-refractivity contribution in [3.05, 3.63) is 181 Å². The summed E-state index contributed by atoms with van der Waals surface area (Å²) in [5, 5.41) is 0. The maximum Gasteiger partial charge on any atom is 0.159 e. The molecule has 666 valence electrons. The molecule has 0 unspecified atom stereocenters. The van der Waals surface area contributed by atoms with E-state index >= 15 is 0 Å². The van der Waals surface area contributed by atoms with Crippen molar-refractivity contribution in [2.45, 2.75) is 401 Å². The zero-order valence-electron chi connectivity index (χ0n) is 75.8. The monoisotopic (exact) mass is 1600 g/mol. The number of allylic oxidation sites excluding steroid dienone is 9. The summed E-state index contributed by atoms with van der Waals surface area (Å²) in [5.41, 5.74) is 6.94. The smallest absolute Gasteiger partial charge is 0.159 e. The molecule has 0 saturated heterocycles. The summed E-state index contributed by atoms with van der Waals surface area (Å²) in [4.78, 5) is 0. The molecule has 2 heteroatoms. The molecular formula is C113H200F2. The first-order valence-corrected chi connectivity index (χ1v) is 50.4. The number of benzene rings is 3. The van der Waals surface area contributed by atoms with Gasteiger partial charge in [-0.25, -0.2) is 8.78 Å². The summed E-state index contributed by atoms with van der Waals surface area (Å²) < 4.78 is 26.4. The van der Waals surface area contributed by atoms with Gasteiger partial charge in [-0.3, -0.25) is 0 Å². The third-order valence-corrected chi connectivity index (χ3v) is 34.3. The Morgan fingerprint density at radius 1 is 0.296 bits per heavy atom. The molecule has 12 fully saturated rings. The Labute approximate surface area is 727 Å². The molecule has 15 rings (SSSR count). The normalized spacial score (nSPS) is 36.1. The molecule has 0 atom stereocenters. The van der Waals surface area contributed by atoms with Gasteiger partial charge in [0.05, 0.1) is 0 Å². The largest absolute Gasteiger partial charge is 0.204 e. The summed E-state index contributed by atoms with van der Waals surface area (Å²) in [7, 11) is 0. The van der Waals surface area contributed by atoms with Gasteiger partial charge in [0.25, 0.3) is 0 Å². The number of hydrogen-bond donors (Lipinski definition) is 0. The van der Waals surface area contributed by atoms with E-state index in [1.807, 2.05) is 0 Å². The van der Waals surface area contributed by atoms with Crippen LogP contribution in [0.2, 0.25) is 0 Å². The second-order valence-electron chi connectivity index (χ2n) is 41.6. The van der Waals surface area contributed by atoms with E-state index < -0.39 is 11.6 Å². The van der Waals surface area contributed by atoms with Crippen molar-refractivity contribution in [1.29, 1.82) is 0 Å². The van der Waals surface area contributed by atoms with Crippen LogP contribution in [0, 0.1) is 150 Å². The molecule has 0 nitrogen and oxygen atoms in total. The number of hydrogen-bond acceptors (Lipinski definition) is 0. The van der Waals surface area contributed by atoms with E-state index in [1.54, 1.807) is 42.9 Å². The van der Waals surface area contributed by atoms with Gasteiger partial charge in [-0.05, 0) is 475 Å². The molecule has 0 amide bonds. The van der Waals surface area contributed by atoms with Crippen LogP contribution in [0.1, 0.15) is 432 Å². The standard InChI is InChI=1S/C24H36.C21H32.C20H26F2.C18H30.C16H26.C14H26.12H2/c1-3-4-5-6-20-9-13-22(14-10-20)24-17-15-23(16-18-24)21-11-7-19(2)8-12-21;1-3-17-6-10-19(11-7-17)21-14-12-20(13-15-21)18-8-4-16(2)5-9-18;1-2-14-3-5-15(6-4-14)16-7-9-17(10-8-16)18-11-12-19(21)20(22)13-18;1-3-5-15-7-11-17(12-8-15)18-13-9-16(6-4-2)10-14-18;1-3-13-5-9-15(10-6-13)16-11-7-14(4-2)8-12-16;1-11-3-7-13(8-4-11)14-9-5-12(2)6-10-14;;;;;;;;;;;;/h3-4,7-8,11-12,20,22-24H,5-6,9-10,13-18H2,1-2H3;4-5,8-9,17,19-21H,3,6-7,10-15H2,1-2H3;2,11-17H,1,3-10H2;3-6,15-18H,7-14H2,1-2H3;3-4,13-16H,1-2,5-12H2;11-14H,3-10H2,1-2H3;12*1H/b4-3+;;;5-3+,6-4+;;;;;;;;;;;;;;. The van der Waals surface area contributed by atoms with Gasteiger partial charge < -0.3 is 0 Å². The molecule has 0 aliphatic heterocycles. The molecule has 3 aromatic rings. The zero-order chi connectivity index (χ0) is 81.1. The molecule has 12 saturated carbocycles. The molecule has 12 aliphatic rings. The van der Waals surface area contributed by atoms with Crippen LogP contribution in [0.5, 0.6) is 0 Å². The molecule has 3 aromatic carbocycles. The van der Waals surface area contributed by atoms with Crippen LogP contribution >= 0.6 is 0 Å². The Kier molecular flexibility index (Phi) is 41.4. The Hall–Kier alpha value is -4.04. The van der Waals surface area contributed by atoms with Crippen LogP contribution in [0.15, 0.2) is 141 Å². The Balaban J connectivity index is -0.00000144. The number of halogens is 2. The van der Waals surface area contributed by atoms with Crippen molar-refractivity contribution >= 4 is 0 Å². The summed E-state index contributed by atoms with van der Waals surface area (Å²) in [6.07, 6.45) is 93.7. The molecule has 0 spiro atoms. The summed E-state index contributed by atoms with van der Waals surface area (Å²) in [6, 6.07) is 23.1. The van der Waals surface area contributed by atoms with Crippen LogP contribution in [0.25, 0.3) is 0 Å². The van der Waals surface area contributed by atoms with Crippen molar-refractivity contribution in [3.63, 3.8) is 0 Å². The van der Waals surface area contributed by atoms with E-state index in [0.717, 1.165) is 155 Å². The van der Waals surface area contributed by atoms with Gasteiger partial charge in [0.1, 0.15) is 0 Å². The van der Waals surface area contributed by atoms with Crippen molar-refractivity contribution in [2.75, 3.05) is 0 Å². The van der Waals surface area contributed by atoms with Gasteiger partial charge >= 0.3 is 0 Å². The quantitative estimate of drug-likeness (QED) is 0.111. The van der Waals surface area contributed by atoms with Crippen molar-refractivity contribution in [2.24, 2.45) is 124 Å². The van der Waals surface area contributed by atoms with E-state index in [1.165, 1.54) is 312 Å². The minimum Gasteiger partial charge on any atom is -0.204 e. The van der Waals surface area contributed by atoms with Crippen molar-refractivity contribution in [3.8, 4) is 0 Å². The molecular weight excluding hydrogens is 1400 g/mol. The lowest BCUT2D eigenvalue weighted by Gasteiger charge is -2.38.